The van der Waals surface area contributed by atoms with E-state index in [1.807, 2.05) is 0 Å². The van der Waals surface area contributed by atoms with Crippen molar-refractivity contribution in [1.29, 1.82) is 0 Å². The van der Waals surface area contributed by atoms with Crippen LogP contribution in [0.3, 0.4) is 0 Å². The van der Waals surface area contributed by atoms with E-state index < -0.39 is 11.7 Å². The zero-order chi connectivity index (χ0) is 12.3. The fourth-order valence-electron chi connectivity index (χ4n) is 0.842. The predicted molar refractivity (Wildman–Crippen MR) is 54.7 cm³/mol. The maximum absolute atomic E-state index is 11.3. The van der Waals surface area contributed by atoms with Crippen molar-refractivity contribution in [2.75, 3.05) is 19.1 Å². The minimum atomic E-state index is -0.699. The van der Waals surface area contributed by atoms with Crippen molar-refractivity contribution < 1.29 is 19.2 Å². The van der Waals surface area contributed by atoms with Gasteiger partial charge in [-0.1, -0.05) is 20.8 Å². The van der Waals surface area contributed by atoms with Crippen LogP contribution in [0.4, 0.5) is 5.88 Å². The zero-order valence-corrected chi connectivity index (χ0v) is 10.1. The van der Waals surface area contributed by atoms with Crippen molar-refractivity contribution in [3.63, 3.8) is 0 Å². The molecule has 7 nitrogen and oxygen atoms in total. The molecule has 0 saturated carbocycles. The van der Waals surface area contributed by atoms with Crippen LogP contribution >= 0.6 is 0 Å². The van der Waals surface area contributed by atoms with E-state index in [-0.39, 0.29) is 5.88 Å². The highest BCUT2D eigenvalue weighted by molar-refractivity contribution is 5.65. The Hall–Kier alpha value is -1.79. The van der Waals surface area contributed by atoms with E-state index in [9.17, 15) is 5.11 Å². The Bertz CT molecular complexity index is 378. The summed E-state index contributed by atoms with van der Waals surface area (Å²) >= 11 is 0. The Morgan fingerprint density at radius 1 is 1.56 bits per heavy atom. The highest BCUT2D eigenvalue weighted by atomic mass is 16.6. The highest BCUT2D eigenvalue weighted by Gasteiger charge is 2.13. The second kappa shape index (κ2) is 4.38. The van der Waals surface area contributed by atoms with Crippen molar-refractivity contribution in [2.45, 2.75) is 26.4 Å². The van der Waals surface area contributed by atoms with Crippen molar-refractivity contribution >= 4 is 12.0 Å². The van der Waals surface area contributed by atoms with E-state index in [2.05, 4.69) is 10.3 Å². The molecule has 0 atom stereocenters. The maximum atomic E-state index is 11.3. The molecule has 0 fully saturated rings. The summed E-state index contributed by atoms with van der Waals surface area (Å²) in [5, 5.41) is 16.6. The van der Waals surface area contributed by atoms with Crippen LogP contribution in [0.1, 0.15) is 20.8 Å². The van der Waals surface area contributed by atoms with E-state index in [0.717, 1.165) is 0 Å². The molecule has 0 N–H and O–H groups in total. The summed E-state index contributed by atoms with van der Waals surface area (Å²) < 4.78 is 9.81. The summed E-state index contributed by atoms with van der Waals surface area (Å²) in [6, 6.07) is 0. The van der Waals surface area contributed by atoms with Gasteiger partial charge in [-0.15, -0.1) is 0 Å². The monoisotopic (exact) mass is 228 g/mol. The summed E-state index contributed by atoms with van der Waals surface area (Å²) in [7, 11) is 3.56. The Kier molecular flexibility index (Phi) is 3.36. The van der Waals surface area contributed by atoms with E-state index in [0.29, 0.717) is 0 Å². The van der Waals surface area contributed by atoms with Crippen LogP contribution in [-0.2, 0) is 4.74 Å². The van der Waals surface area contributed by atoms with Gasteiger partial charge in [0.25, 0.3) is 6.20 Å². The zero-order valence-electron chi connectivity index (χ0n) is 10.1. The lowest BCUT2D eigenvalue weighted by molar-refractivity contribution is -0.753. The molecule has 0 saturated heterocycles. The van der Waals surface area contributed by atoms with Gasteiger partial charge in [0.1, 0.15) is 0 Å². The van der Waals surface area contributed by atoms with Crippen LogP contribution in [0.5, 0.6) is 0 Å². The Labute approximate surface area is 93.9 Å². The van der Waals surface area contributed by atoms with Crippen LogP contribution in [0.2, 0.25) is 0 Å². The van der Waals surface area contributed by atoms with E-state index in [1.54, 1.807) is 39.9 Å². The first-order chi connectivity index (χ1) is 7.28. The minimum absolute atomic E-state index is 0.1000. The van der Waals surface area contributed by atoms with Crippen LogP contribution < -0.4 is 14.9 Å². The second-order valence-electron chi connectivity index (χ2n) is 4.40. The average Bonchev–Trinajstić information content (AvgIpc) is 2.48. The lowest BCUT2D eigenvalue weighted by Crippen LogP contribution is -2.53. The molecule has 1 rings (SSSR count). The third-order valence-electron chi connectivity index (χ3n) is 1.45. The second-order valence-corrected chi connectivity index (χ2v) is 4.40. The number of aliphatic imine (C=N–C) groups is 1. The molecule has 1 aromatic rings. The minimum Gasteiger partial charge on any atom is -0.594 e. The fourth-order valence-corrected chi connectivity index (χ4v) is 0.842. The van der Waals surface area contributed by atoms with Gasteiger partial charge in [0.2, 0.25) is 5.27 Å². The lowest BCUT2D eigenvalue weighted by atomic mass is 10.2. The number of rotatable bonds is 2. The van der Waals surface area contributed by atoms with Crippen LogP contribution in [0, 0.1) is 0 Å². The third-order valence-corrected chi connectivity index (χ3v) is 1.45. The van der Waals surface area contributed by atoms with Crippen LogP contribution in [-0.4, -0.2) is 31.1 Å². The van der Waals surface area contributed by atoms with Gasteiger partial charge < -0.3 is 9.84 Å². The number of hydrogen-bond acceptors (Lipinski definition) is 6. The molecule has 0 unspecified atom stereocenters. The van der Waals surface area contributed by atoms with Crippen LogP contribution in [0.25, 0.3) is 0 Å². The van der Waals surface area contributed by atoms with Gasteiger partial charge in [0.05, 0.1) is 18.9 Å². The molecule has 0 radical (unpaired) electrons. The summed E-state index contributed by atoms with van der Waals surface area (Å²) in [5.74, 6) is 0.1000. The molecule has 0 spiro atoms. The molecule has 7 heteroatoms. The van der Waals surface area contributed by atoms with Crippen molar-refractivity contribution in [3.05, 3.63) is 6.20 Å². The molecule has 16 heavy (non-hydrogen) atoms. The van der Waals surface area contributed by atoms with E-state index >= 15 is 0 Å². The molecule has 1 heterocycles. The summed E-state index contributed by atoms with van der Waals surface area (Å²) in [5.41, 5.74) is -0.571. The number of aromatic nitrogens is 2. The van der Waals surface area contributed by atoms with Crippen molar-refractivity contribution in [1.82, 2.24) is 5.27 Å². The third kappa shape index (κ3) is 3.76. The molecule has 0 aromatic carbocycles. The first-order valence-corrected chi connectivity index (χ1v) is 4.79. The smallest absolute Gasteiger partial charge is 0.326 e. The normalized spacial score (nSPS) is 12.7. The quantitative estimate of drug-likeness (QED) is 0.381. The standard InChI is InChI=1S/C9H16N4O3/c1-9(2,3)15-8(14)10-7-6-13(11-16-7)12(4)5/h6H,1-5H3. The molecule has 90 valence electrons. The van der Waals surface area contributed by atoms with Crippen LogP contribution in [0.15, 0.2) is 15.7 Å². The highest BCUT2D eigenvalue weighted by Crippen LogP contribution is 2.10. The van der Waals surface area contributed by atoms with Gasteiger partial charge in [-0.25, -0.2) is 0 Å². The summed E-state index contributed by atoms with van der Waals surface area (Å²) in [6.07, 6.45) is 0.777. The average molecular weight is 228 g/mol. The van der Waals surface area contributed by atoms with Gasteiger partial charge in [-0.3, -0.25) is 4.52 Å². The first-order valence-electron chi connectivity index (χ1n) is 4.79. The van der Waals surface area contributed by atoms with Gasteiger partial charge in [0, 0.05) is 5.60 Å². The predicted octanol–water partition coefficient (Wildman–Crippen LogP) is -0.677. The largest absolute Gasteiger partial charge is 0.594 e. The Balaban J connectivity index is 2.74. The molecule has 0 aliphatic heterocycles. The maximum Gasteiger partial charge on any atom is 0.326 e. The molecule has 0 aliphatic carbocycles. The number of hydrogen-bond donors (Lipinski definition) is 0. The molecule has 0 amide bonds. The van der Waals surface area contributed by atoms with E-state index in [4.69, 9.17) is 9.26 Å². The van der Waals surface area contributed by atoms with Crippen molar-refractivity contribution in [3.8, 4) is 0 Å². The molecular weight excluding hydrogens is 212 g/mol. The van der Waals surface area contributed by atoms with Gasteiger partial charge in [-0.2, -0.15) is 10.0 Å². The molecular formula is C9H16N4O3. The van der Waals surface area contributed by atoms with Gasteiger partial charge >= 0.3 is 5.88 Å². The SMILES string of the molecule is CN(C)[n+]1cc(/N=C(\[O-])OC(C)(C)C)on1. The molecule has 0 bridgehead atoms. The fraction of sp³-hybridized carbons (Fsp3) is 0.667. The summed E-state index contributed by atoms with van der Waals surface area (Å²) in [4.78, 5) is 5.02. The first kappa shape index (κ1) is 12.3. The summed E-state index contributed by atoms with van der Waals surface area (Å²) in [6.45, 7) is 5.29. The molecule has 1 aromatic heterocycles. The molecule has 0 aliphatic rings. The van der Waals surface area contributed by atoms with Gasteiger partial charge in [0.15, 0.2) is 6.08 Å². The number of ether oxygens (including phenoxy) is 1. The Morgan fingerprint density at radius 3 is 2.62 bits per heavy atom. The topological polar surface area (TPSA) is 77.8 Å². The van der Waals surface area contributed by atoms with Crippen molar-refractivity contribution in [2.24, 2.45) is 4.99 Å². The van der Waals surface area contributed by atoms with E-state index in [1.165, 1.54) is 11.0 Å². The number of nitrogens with zero attached hydrogens (tertiary/aromatic N) is 4. The lowest BCUT2D eigenvalue weighted by Gasteiger charge is -2.28. The van der Waals surface area contributed by atoms with Gasteiger partial charge in [-0.05, 0) is 0 Å². The Morgan fingerprint density at radius 2 is 2.19 bits per heavy atom.